The van der Waals surface area contributed by atoms with Crippen molar-refractivity contribution in [2.24, 2.45) is 0 Å². The van der Waals surface area contributed by atoms with Gasteiger partial charge in [0.2, 0.25) is 0 Å². The zero-order valence-corrected chi connectivity index (χ0v) is 14.2. The van der Waals surface area contributed by atoms with E-state index < -0.39 is 0 Å². The molecule has 3 aromatic rings. The van der Waals surface area contributed by atoms with Gasteiger partial charge in [-0.2, -0.15) is 5.10 Å². The number of hydrogen-bond acceptors (Lipinski definition) is 2. The van der Waals surface area contributed by atoms with Gasteiger partial charge in [-0.1, -0.05) is 47.5 Å². The van der Waals surface area contributed by atoms with Crippen molar-refractivity contribution in [3.8, 4) is 16.9 Å². The quantitative estimate of drug-likeness (QED) is 0.555. The molecule has 0 unspecified atom stereocenters. The monoisotopic (exact) mass is 394 g/mol. The van der Waals surface area contributed by atoms with Crippen molar-refractivity contribution in [2.45, 2.75) is 0 Å². The van der Waals surface area contributed by atoms with Crippen molar-refractivity contribution in [2.75, 3.05) is 0 Å². The summed E-state index contributed by atoms with van der Waals surface area (Å²) in [4.78, 5) is 11.5. The number of benzene rings is 2. The minimum absolute atomic E-state index is 0.402. The first-order valence-electron chi connectivity index (χ1n) is 6.37. The Hall–Kier alpha value is -1.62. The SMILES string of the molecule is O=Cc1c(-c2c(Cl)cccc2Cl)nn(-c2ccccc2)c1Br. The molecule has 0 atom stereocenters. The largest absolute Gasteiger partial charge is 0.298 e. The zero-order valence-electron chi connectivity index (χ0n) is 11.1. The summed E-state index contributed by atoms with van der Waals surface area (Å²) in [5.74, 6) is 0. The van der Waals surface area contributed by atoms with Gasteiger partial charge in [0.15, 0.2) is 6.29 Å². The normalized spacial score (nSPS) is 10.7. The summed E-state index contributed by atoms with van der Waals surface area (Å²) in [6.45, 7) is 0. The van der Waals surface area contributed by atoms with E-state index in [0.29, 0.717) is 31.5 Å². The molecule has 0 aliphatic rings. The van der Waals surface area contributed by atoms with E-state index in [0.717, 1.165) is 12.0 Å². The van der Waals surface area contributed by atoms with Crippen molar-refractivity contribution < 1.29 is 4.79 Å². The van der Waals surface area contributed by atoms with Gasteiger partial charge in [-0.05, 0) is 40.2 Å². The lowest BCUT2D eigenvalue weighted by atomic mass is 10.1. The number of hydrogen-bond donors (Lipinski definition) is 0. The Bertz CT molecular complexity index is 827. The van der Waals surface area contributed by atoms with Crippen LogP contribution in [-0.4, -0.2) is 16.1 Å². The van der Waals surface area contributed by atoms with Crippen LogP contribution < -0.4 is 0 Å². The van der Waals surface area contributed by atoms with Crippen molar-refractivity contribution in [1.29, 1.82) is 0 Å². The number of rotatable bonds is 3. The first-order valence-corrected chi connectivity index (χ1v) is 7.92. The van der Waals surface area contributed by atoms with Crippen LogP contribution in [-0.2, 0) is 0 Å². The third-order valence-electron chi connectivity index (χ3n) is 3.18. The van der Waals surface area contributed by atoms with Gasteiger partial charge in [0.25, 0.3) is 0 Å². The number of carbonyl (C=O) groups is 1. The van der Waals surface area contributed by atoms with E-state index in [1.807, 2.05) is 30.3 Å². The molecule has 0 aliphatic heterocycles. The van der Waals surface area contributed by atoms with E-state index >= 15 is 0 Å². The molecule has 0 aliphatic carbocycles. The van der Waals surface area contributed by atoms with Crippen LogP contribution in [0.25, 0.3) is 16.9 Å². The van der Waals surface area contributed by atoms with Crippen LogP contribution >= 0.6 is 39.1 Å². The second-order valence-corrected chi connectivity index (χ2v) is 6.08. The second-order valence-electron chi connectivity index (χ2n) is 4.51. The Morgan fingerprint density at radius 1 is 1.00 bits per heavy atom. The van der Waals surface area contributed by atoms with Crippen LogP contribution in [0.1, 0.15) is 10.4 Å². The number of halogens is 3. The maximum absolute atomic E-state index is 11.5. The highest BCUT2D eigenvalue weighted by atomic mass is 79.9. The van der Waals surface area contributed by atoms with Gasteiger partial charge in [0.05, 0.1) is 21.3 Å². The molecule has 3 rings (SSSR count). The van der Waals surface area contributed by atoms with Gasteiger partial charge < -0.3 is 0 Å². The summed E-state index contributed by atoms with van der Waals surface area (Å²) in [6, 6.07) is 14.7. The topological polar surface area (TPSA) is 34.9 Å². The van der Waals surface area contributed by atoms with Crippen molar-refractivity contribution >= 4 is 45.4 Å². The number of aldehydes is 1. The average molecular weight is 396 g/mol. The predicted octanol–water partition coefficient (Wildman–Crippen LogP) is 5.42. The van der Waals surface area contributed by atoms with Gasteiger partial charge in [-0.25, -0.2) is 4.68 Å². The van der Waals surface area contributed by atoms with E-state index in [9.17, 15) is 4.79 Å². The lowest BCUT2D eigenvalue weighted by molar-refractivity contribution is 0.112. The van der Waals surface area contributed by atoms with Gasteiger partial charge in [0.1, 0.15) is 10.3 Å². The van der Waals surface area contributed by atoms with Gasteiger partial charge in [0, 0.05) is 5.56 Å². The number of carbonyl (C=O) groups excluding carboxylic acids is 1. The molecule has 0 amide bonds. The van der Waals surface area contributed by atoms with Crippen molar-refractivity contribution in [3.63, 3.8) is 0 Å². The Kier molecular flexibility index (Phi) is 4.34. The molecule has 0 N–H and O–H groups in total. The average Bonchev–Trinajstić information content (AvgIpc) is 2.84. The molecule has 110 valence electrons. The summed E-state index contributed by atoms with van der Waals surface area (Å²) in [5, 5.41) is 5.40. The number of para-hydroxylation sites is 1. The van der Waals surface area contributed by atoms with E-state index in [1.165, 1.54) is 0 Å². The molecule has 0 radical (unpaired) electrons. The van der Waals surface area contributed by atoms with Crippen molar-refractivity contribution in [3.05, 3.63) is 68.7 Å². The third-order valence-corrected chi connectivity index (χ3v) is 4.57. The fraction of sp³-hybridized carbons (Fsp3) is 0. The smallest absolute Gasteiger partial charge is 0.155 e. The summed E-state index contributed by atoms with van der Waals surface area (Å²) >= 11 is 15.9. The standard InChI is InChI=1S/C16H9BrCl2N2O/c17-16-11(9-22)15(14-12(18)7-4-8-13(14)19)20-21(16)10-5-2-1-3-6-10/h1-9H. The van der Waals surface area contributed by atoms with E-state index in [1.54, 1.807) is 22.9 Å². The predicted molar refractivity (Wildman–Crippen MR) is 92.1 cm³/mol. The first-order chi connectivity index (χ1) is 10.6. The van der Waals surface area contributed by atoms with Crippen LogP contribution in [0.15, 0.2) is 53.1 Å². The minimum Gasteiger partial charge on any atom is -0.298 e. The molecule has 22 heavy (non-hydrogen) atoms. The number of nitrogens with zero attached hydrogens (tertiary/aromatic N) is 2. The summed E-state index contributed by atoms with van der Waals surface area (Å²) < 4.78 is 2.19. The highest BCUT2D eigenvalue weighted by Crippen LogP contribution is 2.38. The van der Waals surface area contributed by atoms with Crippen LogP contribution in [0.2, 0.25) is 10.0 Å². The fourth-order valence-corrected chi connectivity index (χ4v) is 3.30. The second kappa shape index (κ2) is 6.24. The van der Waals surface area contributed by atoms with Crippen LogP contribution in [0.3, 0.4) is 0 Å². The summed E-state index contributed by atoms with van der Waals surface area (Å²) in [6.07, 6.45) is 0.742. The molecular weight excluding hydrogens is 387 g/mol. The molecule has 6 heteroatoms. The zero-order chi connectivity index (χ0) is 15.7. The van der Waals surface area contributed by atoms with E-state index in [-0.39, 0.29) is 0 Å². The molecule has 0 spiro atoms. The van der Waals surface area contributed by atoms with Gasteiger partial charge in [-0.3, -0.25) is 4.79 Å². The number of aromatic nitrogens is 2. The molecule has 3 nitrogen and oxygen atoms in total. The van der Waals surface area contributed by atoms with Crippen LogP contribution in [0, 0.1) is 0 Å². The van der Waals surface area contributed by atoms with E-state index in [2.05, 4.69) is 21.0 Å². The van der Waals surface area contributed by atoms with E-state index in [4.69, 9.17) is 23.2 Å². The lowest BCUT2D eigenvalue weighted by Gasteiger charge is -2.04. The Morgan fingerprint density at radius 2 is 1.64 bits per heavy atom. The minimum atomic E-state index is 0.402. The van der Waals surface area contributed by atoms with Gasteiger partial charge in [-0.15, -0.1) is 0 Å². The van der Waals surface area contributed by atoms with Crippen molar-refractivity contribution in [1.82, 2.24) is 9.78 Å². The molecule has 0 fully saturated rings. The molecular formula is C16H9BrCl2N2O. The molecule has 0 bridgehead atoms. The maximum atomic E-state index is 11.5. The highest BCUT2D eigenvalue weighted by Gasteiger charge is 2.21. The fourth-order valence-electron chi connectivity index (χ4n) is 2.16. The molecule has 0 saturated carbocycles. The Balaban J connectivity index is 2.28. The molecule has 1 aromatic heterocycles. The Morgan fingerprint density at radius 3 is 2.23 bits per heavy atom. The Labute approximate surface area is 145 Å². The maximum Gasteiger partial charge on any atom is 0.155 e. The van der Waals surface area contributed by atoms with Gasteiger partial charge >= 0.3 is 0 Å². The first kappa shape index (κ1) is 15.3. The molecule has 1 heterocycles. The molecule has 0 saturated heterocycles. The lowest BCUT2D eigenvalue weighted by Crippen LogP contribution is -1.96. The third kappa shape index (κ3) is 2.58. The highest BCUT2D eigenvalue weighted by molar-refractivity contribution is 9.10. The van der Waals surface area contributed by atoms with Crippen LogP contribution in [0.5, 0.6) is 0 Å². The van der Waals surface area contributed by atoms with Crippen LogP contribution in [0.4, 0.5) is 0 Å². The molecule has 2 aromatic carbocycles. The summed E-state index contributed by atoms with van der Waals surface area (Å²) in [7, 11) is 0. The summed E-state index contributed by atoms with van der Waals surface area (Å²) in [5.41, 5.74) is 2.22.